The average Bonchev–Trinajstić information content (AvgIpc) is 1.79. The predicted octanol–water partition coefficient (Wildman–Crippen LogP) is -0.793. The van der Waals surface area contributed by atoms with Crippen LogP contribution in [0.5, 0.6) is 0 Å². The van der Waals surface area contributed by atoms with E-state index in [1.165, 1.54) is 0 Å². The fourth-order valence-electron chi connectivity index (χ4n) is 0.378. The summed E-state index contributed by atoms with van der Waals surface area (Å²) in [5.74, 6) is 0.616. The minimum Gasteiger partial charge on any atom is -0.452 e. The Labute approximate surface area is 65.5 Å². The van der Waals surface area contributed by atoms with E-state index >= 15 is 0 Å². The van der Waals surface area contributed by atoms with Gasteiger partial charge >= 0.3 is 5.97 Å². The molecule has 0 N–H and O–H groups in total. The highest BCUT2D eigenvalue weighted by Gasteiger charge is 2.10. The van der Waals surface area contributed by atoms with Gasteiger partial charge in [-0.1, -0.05) is 5.92 Å². The molecule has 0 aliphatic heterocycles. The number of carbonyl (C=O) groups is 1. The van der Waals surface area contributed by atoms with E-state index in [1.807, 2.05) is 5.92 Å². The minimum atomic E-state index is -3.30. The van der Waals surface area contributed by atoms with Crippen LogP contribution in [0.4, 0.5) is 0 Å². The molecule has 0 amide bonds. The van der Waals surface area contributed by atoms with Crippen LogP contribution in [-0.4, -0.2) is 33.0 Å². The highest BCUT2D eigenvalue weighted by molar-refractivity contribution is 7.91. The summed E-state index contributed by atoms with van der Waals surface area (Å²) >= 11 is 0. The quantitative estimate of drug-likeness (QED) is 0.417. The fourth-order valence-corrected chi connectivity index (χ4v) is 0.889. The first-order valence-corrected chi connectivity index (χ1v) is 4.78. The molecule has 0 saturated carbocycles. The van der Waals surface area contributed by atoms with E-state index in [0.717, 1.165) is 6.26 Å². The summed E-state index contributed by atoms with van der Waals surface area (Å²) in [6.07, 6.45) is 5.71. The number of carbonyl (C=O) groups excluding carboxylic acids is 1. The monoisotopic (exact) mass is 176 g/mol. The molecule has 0 radical (unpaired) electrons. The van der Waals surface area contributed by atoms with Gasteiger partial charge in [-0.2, -0.15) is 0 Å². The van der Waals surface area contributed by atoms with Gasteiger partial charge in [-0.15, -0.1) is 6.42 Å². The number of hydrogen-bond donors (Lipinski definition) is 0. The van der Waals surface area contributed by atoms with Crippen LogP contribution in [0, 0.1) is 12.3 Å². The van der Waals surface area contributed by atoms with Crippen molar-refractivity contribution in [1.29, 1.82) is 0 Å². The second-order valence-electron chi connectivity index (χ2n) is 1.93. The summed E-state index contributed by atoms with van der Waals surface area (Å²) in [6.45, 7) is -0.186. The maximum atomic E-state index is 10.5. The zero-order valence-electron chi connectivity index (χ0n) is 6.03. The third-order valence-corrected chi connectivity index (χ3v) is 1.46. The molecule has 0 heterocycles. The first-order valence-electron chi connectivity index (χ1n) is 2.72. The molecular formula is C6H8O4S. The first-order chi connectivity index (χ1) is 4.95. The number of hydrogen-bond acceptors (Lipinski definition) is 4. The highest BCUT2D eigenvalue weighted by atomic mass is 32.2. The summed E-state index contributed by atoms with van der Waals surface area (Å²) in [5, 5.41) is 0. The maximum absolute atomic E-state index is 10.5. The third-order valence-electron chi connectivity index (χ3n) is 0.697. The highest BCUT2D eigenvalue weighted by Crippen LogP contribution is 1.85. The zero-order chi connectivity index (χ0) is 8.91. The lowest BCUT2D eigenvalue weighted by Crippen LogP contribution is -2.17. The van der Waals surface area contributed by atoms with Crippen LogP contribution in [0.25, 0.3) is 0 Å². The summed E-state index contributed by atoms with van der Waals surface area (Å²) in [5.41, 5.74) is 0. The van der Waals surface area contributed by atoms with E-state index in [1.54, 1.807) is 0 Å². The van der Waals surface area contributed by atoms with Gasteiger partial charge in [0.25, 0.3) is 0 Å². The largest absolute Gasteiger partial charge is 0.452 e. The number of ether oxygens (including phenoxy) is 1. The molecule has 0 aromatic rings. The van der Waals surface area contributed by atoms with Crippen molar-refractivity contribution in [3.63, 3.8) is 0 Å². The molecule has 0 aliphatic rings. The molecular weight excluding hydrogens is 168 g/mol. The van der Waals surface area contributed by atoms with Crippen LogP contribution < -0.4 is 0 Å². The van der Waals surface area contributed by atoms with Gasteiger partial charge in [-0.3, -0.25) is 4.79 Å². The van der Waals surface area contributed by atoms with Crippen molar-refractivity contribution in [2.45, 2.75) is 0 Å². The molecule has 0 aromatic carbocycles. The van der Waals surface area contributed by atoms with Crippen LogP contribution in [0.15, 0.2) is 0 Å². The minimum absolute atomic E-state index is 0.186. The lowest BCUT2D eigenvalue weighted by Gasteiger charge is -1.97. The standard InChI is InChI=1S/C6H8O4S/c1-3-4-10-6(7)5-11(2,8)9/h1H,4-5H2,2H3. The number of rotatable bonds is 3. The summed E-state index contributed by atoms with van der Waals surface area (Å²) in [4.78, 5) is 10.5. The van der Waals surface area contributed by atoms with Crippen LogP contribution in [-0.2, 0) is 19.4 Å². The van der Waals surface area contributed by atoms with E-state index in [2.05, 4.69) is 4.74 Å². The second kappa shape index (κ2) is 3.98. The van der Waals surface area contributed by atoms with Gasteiger partial charge in [-0.05, 0) is 0 Å². The molecule has 0 aromatic heterocycles. The molecule has 5 heteroatoms. The summed E-state index contributed by atoms with van der Waals surface area (Å²) in [6, 6.07) is 0. The molecule has 62 valence electrons. The van der Waals surface area contributed by atoms with Crippen molar-refractivity contribution in [3.8, 4) is 12.3 Å². The Morgan fingerprint density at radius 1 is 1.64 bits per heavy atom. The second-order valence-corrected chi connectivity index (χ2v) is 4.08. The summed E-state index contributed by atoms with van der Waals surface area (Å²) in [7, 11) is -3.30. The van der Waals surface area contributed by atoms with Crippen molar-refractivity contribution < 1.29 is 17.9 Å². The Kier molecular flexibility index (Phi) is 3.61. The molecule has 0 atom stereocenters. The van der Waals surface area contributed by atoms with Crippen LogP contribution in [0.3, 0.4) is 0 Å². The van der Waals surface area contributed by atoms with E-state index in [-0.39, 0.29) is 6.61 Å². The van der Waals surface area contributed by atoms with Gasteiger partial charge in [-0.25, -0.2) is 8.42 Å². The summed E-state index contributed by atoms with van der Waals surface area (Å²) < 4.78 is 25.2. The molecule has 11 heavy (non-hydrogen) atoms. The third kappa shape index (κ3) is 6.87. The van der Waals surface area contributed by atoms with E-state index in [4.69, 9.17) is 6.42 Å². The van der Waals surface area contributed by atoms with Crippen molar-refractivity contribution in [2.24, 2.45) is 0 Å². The zero-order valence-corrected chi connectivity index (χ0v) is 6.85. The molecule has 0 fully saturated rings. The fraction of sp³-hybridized carbons (Fsp3) is 0.500. The molecule has 0 aliphatic carbocycles. The lowest BCUT2D eigenvalue weighted by atomic mass is 10.7. The normalized spacial score (nSPS) is 10.2. The number of esters is 1. The van der Waals surface area contributed by atoms with Gasteiger partial charge < -0.3 is 4.74 Å². The van der Waals surface area contributed by atoms with Crippen molar-refractivity contribution in [1.82, 2.24) is 0 Å². The van der Waals surface area contributed by atoms with Crippen LogP contribution in [0.1, 0.15) is 0 Å². The Bertz CT molecular complexity index is 269. The molecule has 0 unspecified atom stereocenters. The molecule has 0 saturated heterocycles. The topological polar surface area (TPSA) is 60.4 Å². The molecule has 0 bridgehead atoms. The van der Waals surface area contributed by atoms with Gasteiger partial charge in [0.15, 0.2) is 16.4 Å². The van der Waals surface area contributed by atoms with E-state index < -0.39 is 21.6 Å². The molecule has 0 spiro atoms. The molecule has 0 rings (SSSR count). The van der Waals surface area contributed by atoms with E-state index in [0.29, 0.717) is 0 Å². The van der Waals surface area contributed by atoms with Crippen LogP contribution >= 0.6 is 0 Å². The Balaban J connectivity index is 3.83. The molecule has 4 nitrogen and oxygen atoms in total. The van der Waals surface area contributed by atoms with Gasteiger partial charge in [0.1, 0.15) is 5.75 Å². The maximum Gasteiger partial charge on any atom is 0.322 e. The Morgan fingerprint density at radius 3 is 2.55 bits per heavy atom. The SMILES string of the molecule is C#CCOC(=O)CS(C)(=O)=O. The van der Waals surface area contributed by atoms with Crippen LogP contribution in [0.2, 0.25) is 0 Å². The number of sulfone groups is 1. The predicted molar refractivity (Wildman–Crippen MR) is 39.5 cm³/mol. The lowest BCUT2D eigenvalue weighted by molar-refractivity contribution is -0.139. The first kappa shape index (κ1) is 9.98. The number of terminal acetylenes is 1. The van der Waals surface area contributed by atoms with Gasteiger partial charge in [0.2, 0.25) is 0 Å². The average molecular weight is 176 g/mol. The smallest absolute Gasteiger partial charge is 0.322 e. The Morgan fingerprint density at radius 2 is 2.18 bits per heavy atom. The van der Waals surface area contributed by atoms with Crippen molar-refractivity contribution in [2.75, 3.05) is 18.6 Å². The van der Waals surface area contributed by atoms with Gasteiger partial charge in [0, 0.05) is 6.26 Å². The van der Waals surface area contributed by atoms with Crippen molar-refractivity contribution >= 4 is 15.8 Å². The van der Waals surface area contributed by atoms with Gasteiger partial charge in [0.05, 0.1) is 0 Å². The van der Waals surface area contributed by atoms with E-state index in [9.17, 15) is 13.2 Å². The van der Waals surface area contributed by atoms with Crippen molar-refractivity contribution in [3.05, 3.63) is 0 Å². The Hall–Kier alpha value is -1.02.